The molecule has 2 aliphatic rings. The fraction of sp³-hybridized carbons (Fsp3) is 0.333. The summed E-state index contributed by atoms with van der Waals surface area (Å²) >= 11 is 0. The summed E-state index contributed by atoms with van der Waals surface area (Å²) in [6.07, 6.45) is 0.0826. The van der Waals surface area contributed by atoms with Gasteiger partial charge < -0.3 is 4.74 Å². The number of ether oxygens (including phenoxy) is 1. The summed E-state index contributed by atoms with van der Waals surface area (Å²) < 4.78 is 19.0. The van der Waals surface area contributed by atoms with Crippen LogP contribution in [0.1, 0.15) is 40.5 Å². The predicted molar refractivity (Wildman–Crippen MR) is 74.2 cm³/mol. The van der Waals surface area contributed by atoms with Crippen molar-refractivity contribution in [2.24, 2.45) is 0 Å². The summed E-state index contributed by atoms with van der Waals surface area (Å²) in [5.74, 6) is -3.48. The van der Waals surface area contributed by atoms with E-state index >= 15 is 0 Å². The fourth-order valence-electron chi connectivity index (χ4n) is 2.74. The molecule has 0 saturated carbocycles. The minimum absolute atomic E-state index is 0.00968. The van der Waals surface area contributed by atoms with E-state index in [1.54, 1.807) is 6.92 Å². The number of fused-ring (bicyclic) bond motifs is 1. The van der Waals surface area contributed by atoms with Gasteiger partial charge in [0.1, 0.15) is 6.04 Å². The van der Waals surface area contributed by atoms with E-state index in [1.807, 2.05) is 0 Å². The van der Waals surface area contributed by atoms with E-state index in [0.29, 0.717) is 0 Å². The topological polar surface area (TPSA) is 92.8 Å². The SMILES string of the molecule is CCOc1cc2c(cc1F)C(=O)N(C1CCC(=O)NC1=O)C2=O. The number of nitrogens with zero attached hydrogens (tertiary/aromatic N) is 1. The molecule has 23 heavy (non-hydrogen) atoms. The van der Waals surface area contributed by atoms with Crippen LogP contribution in [0.25, 0.3) is 0 Å². The lowest BCUT2D eigenvalue weighted by Crippen LogP contribution is -2.54. The van der Waals surface area contributed by atoms with E-state index in [4.69, 9.17) is 4.74 Å². The average molecular weight is 320 g/mol. The Labute approximate surface area is 130 Å². The van der Waals surface area contributed by atoms with Gasteiger partial charge in [-0.15, -0.1) is 0 Å². The van der Waals surface area contributed by atoms with Gasteiger partial charge in [-0.2, -0.15) is 0 Å². The molecule has 1 unspecified atom stereocenters. The largest absolute Gasteiger partial charge is 0.491 e. The van der Waals surface area contributed by atoms with Crippen LogP contribution in [0.15, 0.2) is 12.1 Å². The van der Waals surface area contributed by atoms with E-state index in [0.717, 1.165) is 11.0 Å². The van der Waals surface area contributed by atoms with Crippen LogP contribution >= 0.6 is 0 Å². The minimum Gasteiger partial charge on any atom is -0.491 e. The van der Waals surface area contributed by atoms with Crippen LogP contribution < -0.4 is 10.1 Å². The van der Waals surface area contributed by atoms with Crippen LogP contribution in [0.2, 0.25) is 0 Å². The first-order valence-corrected chi connectivity index (χ1v) is 7.12. The van der Waals surface area contributed by atoms with Gasteiger partial charge in [-0.3, -0.25) is 29.4 Å². The summed E-state index contributed by atoms with van der Waals surface area (Å²) in [5, 5.41) is 2.09. The summed E-state index contributed by atoms with van der Waals surface area (Å²) in [4.78, 5) is 48.7. The molecule has 1 aromatic carbocycles. The molecular weight excluding hydrogens is 307 g/mol. The quantitative estimate of drug-likeness (QED) is 0.825. The molecule has 0 spiro atoms. The average Bonchev–Trinajstić information content (AvgIpc) is 2.72. The smallest absolute Gasteiger partial charge is 0.262 e. The van der Waals surface area contributed by atoms with Crippen molar-refractivity contribution in [3.05, 3.63) is 29.1 Å². The Balaban J connectivity index is 1.97. The third kappa shape index (κ3) is 2.36. The second-order valence-electron chi connectivity index (χ2n) is 5.21. The predicted octanol–water partition coefficient (Wildman–Crippen LogP) is 0.626. The van der Waals surface area contributed by atoms with E-state index < -0.39 is 35.5 Å². The maximum atomic E-state index is 13.9. The number of piperidine rings is 1. The van der Waals surface area contributed by atoms with Gasteiger partial charge in [0.15, 0.2) is 11.6 Å². The lowest BCUT2D eigenvalue weighted by molar-refractivity contribution is -0.136. The van der Waals surface area contributed by atoms with Crippen molar-refractivity contribution in [1.82, 2.24) is 10.2 Å². The number of carbonyl (C=O) groups is 4. The first-order valence-electron chi connectivity index (χ1n) is 7.12. The highest BCUT2D eigenvalue weighted by atomic mass is 19.1. The maximum Gasteiger partial charge on any atom is 0.262 e. The molecule has 0 radical (unpaired) electrons. The van der Waals surface area contributed by atoms with Gasteiger partial charge in [0.2, 0.25) is 11.8 Å². The number of rotatable bonds is 3. The number of hydrogen-bond donors (Lipinski definition) is 1. The minimum atomic E-state index is -1.07. The van der Waals surface area contributed by atoms with Gasteiger partial charge in [0, 0.05) is 6.42 Å². The van der Waals surface area contributed by atoms with Crippen LogP contribution in [-0.2, 0) is 9.59 Å². The van der Waals surface area contributed by atoms with Crippen molar-refractivity contribution < 1.29 is 28.3 Å². The highest BCUT2D eigenvalue weighted by molar-refractivity contribution is 6.23. The van der Waals surface area contributed by atoms with Gasteiger partial charge in [0.25, 0.3) is 11.8 Å². The Bertz CT molecular complexity index is 746. The maximum absolute atomic E-state index is 13.9. The Kier molecular flexibility index (Phi) is 3.59. The van der Waals surface area contributed by atoms with Gasteiger partial charge >= 0.3 is 0 Å². The first kappa shape index (κ1) is 15.1. The molecular formula is C15H13FN2O5. The summed E-state index contributed by atoms with van der Waals surface area (Å²) in [7, 11) is 0. The molecule has 2 heterocycles. The number of benzene rings is 1. The van der Waals surface area contributed by atoms with Crippen LogP contribution in [0.3, 0.4) is 0 Å². The normalized spacial score (nSPS) is 20.6. The third-order valence-electron chi connectivity index (χ3n) is 3.79. The molecule has 2 aliphatic heterocycles. The van der Waals surface area contributed by atoms with Crippen molar-refractivity contribution in [3.8, 4) is 5.75 Å². The summed E-state index contributed by atoms with van der Waals surface area (Å²) in [5.41, 5.74) is -0.120. The molecule has 0 aliphatic carbocycles. The van der Waals surface area contributed by atoms with Crippen molar-refractivity contribution in [3.63, 3.8) is 0 Å². The van der Waals surface area contributed by atoms with Crippen LogP contribution in [0, 0.1) is 5.82 Å². The Hall–Kier alpha value is -2.77. The van der Waals surface area contributed by atoms with Crippen molar-refractivity contribution in [2.75, 3.05) is 6.61 Å². The van der Waals surface area contributed by atoms with Gasteiger partial charge in [-0.25, -0.2) is 4.39 Å². The highest BCUT2D eigenvalue weighted by Gasteiger charge is 2.45. The van der Waals surface area contributed by atoms with Crippen LogP contribution in [0.5, 0.6) is 5.75 Å². The standard InChI is InChI=1S/C15H13FN2O5/c1-2-23-11-6-8-7(5-9(11)16)14(21)18(15(8)22)10-3-4-12(19)17-13(10)20/h5-6,10H,2-4H2,1H3,(H,17,19,20). The lowest BCUT2D eigenvalue weighted by Gasteiger charge is -2.27. The van der Waals surface area contributed by atoms with Gasteiger partial charge in [-0.05, 0) is 25.5 Å². The summed E-state index contributed by atoms with van der Waals surface area (Å²) in [6, 6.07) is 1.03. The number of hydrogen-bond acceptors (Lipinski definition) is 5. The first-order chi connectivity index (χ1) is 10.9. The molecule has 0 bridgehead atoms. The number of halogens is 1. The molecule has 3 rings (SSSR count). The van der Waals surface area contributed by atoms with Crippen LogP contribution in [-0.4, -0.2) is 41.2 Å². The third-order valence-corrected chi connectivity index (χ3v) is 3.79. The molecule has 8 heteroatoms. The Morgan fingerprint density at radius 3 is 2.48 bits per heavy atom. The van der Waals surface area contributed by atoms with Crippen molar-refractivity contribution >= 4 is 23.6 Å². The molecule has 0 aromatic heterocycles. The molecule has 1 saturated heterocycles. The molecule has 4 amide bonds. The Morgan fingerprint density at radius 1 is 1.22 bits per heavy atom. The zero-order valence-electron chi connectivity index (χ0n) is 12.2. The zero-order chi connectivity index (χ0) is 16.7. The number of carbonyl (C=O) groups excluding carboxylic acids is 4. The number of amides is 4. The van der Waals surface area contributed by atoms with E-state index in [1.165, 1.54) is 6.07 Å². The molecule has 1 atom stereocenters. The van der Waals surface area contributed by atoms with E-state index in [9.17, 15) is 23.6 Å². The molecule has 120 valence electrons. The zero-order valence-corrected chi connectivity index (χ0v) is 12.2. The van der Waals surface area contributed by atoms with Crippen molar-refractivity contribution in [2.45, 2.75) is 25.8 Å². The molecule has 7 nitrogen and oxygen atoms in total. The molecule has 1 N–H and O–H groups in total. The second-order valence-corrected chi connectivity index (χ2v) is 5.21. The second kappa shape index (κ2) is 5.45. The van der Waals surface area contributed by atoms with Crippen LogP contribution in [0.4, 0.5) is 4.39 Å². The highest BCUT2D eigenvalue weighted by Crippen LogP contribution is 2.32. The summed E-state index contributed by atoms with van der Waals surface area (Å²) in [6.45, 7) is 1.87. The number of nitrogens with one attached hydrogen (secondary N) is 1. The molecule has 1 aromatic rings. The Morgan fingerprint density at radius 2 is 1.87 bits per heavy atom. The van der Waals surface area contributed by atoms with E-state index in [-0.39, 0.29) is 36.3 Å². The lowest BCUT2D eigenvalue weighted by atomic mass is 10.0. The van der Waals surface area contributed by atoms with E-state index in [2.05, 4.69) is 5.32 Å². The van der Waals surface area contributed by atoms with Crippen molar-refractivity contribution in [1.29, 1.82) is 0 Å². The molecule has 1 fully saturated rings. The van der Waals surface area contributed by atoms with Gasteiger partial charge in [0.05, 0.1) is 17.7 Å². The van der Waals surface area contributed by atoms with Gasteiger partial charge in [-0.1, -0.05) is 0 Å². The monoisotopic (exact) mass is 320 g/mol. The number of imide groups is 2. The fourth-order valence-corrected chi connectivity index (χ4v) is 2.74.